The quantitative estimate of drug-likeness (QED) is 0.546. The number of halogens is 3. The van der Waals surface area contributed by atoms with Crippen LogP contribution < -0.4 is 5.32 Å². The lowest BCUT2D eigenvalue weighted by molar-refractivity contribution is 0.605. The van der Waals surface area contributed by atoms with Crippen LogP contribution in [0.5, 0.6) is 0 Å². The first-order valence-corrected chi connectivity index (χ1v) is 9.67. The maximum atomic E-state index is 3.63. The van der Waals surface area contributed by atoms with Gasteiger partial charge in [-0.1, -0.05) is 6.92 Å². The van der Waals surface area contributed by atoms with Crippen LogP contribution >= 0.6 is 70.5 Å². The van der Waals surface area contributed by atoms with Crippen LogP contribution in [0, 0.1) is 0 Å². The SMILES string of the molecule is CCCNC(c1cc(Br)c(Br)s1)c1cscc1Br. The van der Waals surface area contributed by atoms with Gasteiger partial charge in [-0.25, -0.2) is 0 Å². The lowest BCUT2D eigenvalue weighted by Crippen LogP contribution is -2.22. The average molecular weight is 474 g/mol. The molecule has 0 spiro atoms. The predicted octanol–water partition coefficient (Wildman–Crippen LogP) is 6.19. The molecule has 0 aromatic carbocycles. The fourth-order valence-electron chi connectivity index (χ4n) is 1.66. The van der Waals surface area contributed by atoms with Gasteiger partial charge in [0.15, 0.2) is 0 Å². The van der Waals surface area contributed by atoms with Crippen LogP contribution in [0.2, 0.25) is 0 Å². The minimum absolute atomic E-state index is 0.262. The van der Waals surface area contributed by atoms with Crippen LogP contribution in [0.3, 0.4) is 0 Å². The zero-order valence-electron chi connectivity index (χ0n) is 9.67. The molecule has 0 aliphatic heterocycles. The smallest absolute Gasteiger partial charge is 0.0843 e. The van der Waals surface area contributed by atoms with E-state index < -0.39 is 0 Å². The van der Waals surface area contributed by atoms with Crippen molar-refractivity contribution in [1.29, 1.82) is 0 Å². The molecule has 98 valence electrons. The van der Waals surface area contributed by atoms with Crippen LogP contribution in [0.15, 0.2) is 29.6 Å². The number of nitrogens with one attached hydrogen (secondary N) is 1. The summed E-state index contributed by atoms with van der Waals surface area (Å²) in [5.41, 5.74) is 1.31. The molecule has 0 aliphatic carbocycles. The molecular weight excluding hydrogens is 462 g/mol. The van der Waals surface area contributed by atoms with E-state index in [1.165, 1.54) is 14.9 Å². The molecule has 0 saturated heterocycles. The van der Waals surface area contributed by atoms with Crippen molar-refractivity contribution in [2.75, 3.05) is 6.54 Å². The van der Waals surface area contributed by atoms with Crippen molar-refractivity contribution in [3.05, 3.63) is 40.0 Å². The average Bonchev–Trinajstić information content (AvgIpc) is 2.88. The van der Waals surface area contributed by atoms with Crippen molar-refractivity contribution in [3.8, 4) is 0 Å². The summed E-state index contributed by atoms with van der Waals surface area (Å²) in [6, 6.07) is 2.45. The first kappa shape index (κ1) is 15.2. The van der Waals surface area contributed by atoms with Crippen molar-refractivity contribution in [2.24, 2.45) is 0 Å². The second-order valence-corrected chi connectivity index (χ2v) is 8.69. The number of hydrogen-bond donors (Lipinski definition) is 1. The van der Waals surface area contributed by atoms with E-state index in [1.54, 1.807) is 22.7 Å². The van der Waals surface area contributed by atoms with Gasteiger partial charge in [0, 0.05) is 19.2 Å². The van der Waals surface area contributed by atoms with E-state index in [2.05, 4.69) is 76.9 Å². The first-order chi connectivity index (χ1) is 8.63. The molecule has 0 bridgehead atoms. The maximum Gasteiger partial charge on any atom is 0.0843 e. The van der Waals surface area contributed by atoms with E-state index in [4.69, 9.17) is 0 Å². The highest BCUT2D eigenvalue weighted by molar-refractivity contribution is 9.13. The van der Waals surface area contributed by atoms with E-state index in [9.17, 15) is 0 Å². The van der Waals surface area contributed by atoms with Gasteiger partial charge in [-0.05, 0) is 77.8 Å². The molecule has 1 atom stereocenters. The fraction of sp³-hybridized carbons (Fsp3) is 0.333. The summed E-state index contributed by atoms with van der Waals surface area (Å²) in [6.07, 6.45) is 1.13. The molecule has 2 heterocycles. The molecule has 0 fully saturated rings. The zero-order chi connectivity index (χ0) is 13.1. The Morgan fingerprint density at radius 3 is 2.50 bits per heavy atom. The standard InChI is InChI=1S/C12H12Br3NS2/c1-2-3-16-11(7-5-17-6-9(7)14)10-4-8(13)12(15)18-10/h4-6,11,16H,2-3H2,1H3. The van der Waals surface area contributed by atoms with Crippen molar-refractivity contribution < 1.29 is 0 Å². The highest BCUT2D eigenvalue weighted by atomic mass is 79.9. The molecule has 2 rings (SSSR count). The van der Waals surface area contributed by atoms with Crippen molar-refractivity contribution in [3.63, 3.8) is 0 Å². The van der Waals surface area contributed by atoms with E-state index in [1.807, 2.05) is 0 Å². The summed E-state index contributed by atoms with van der Waals surface area (Å²) in [4.78, 5) is 1.32. The molecule has 1 N–H and O–H groups in total. The van der Waals surface area contributed by atoms with Gasteiger partial charge in [-0.2, -0.15) is 11.3 Å². The van der Waals surface area contributed by atoms with Gasteiger partial charge in [0.2, 0.25) is 0 Å². The first-order valence-electron chi connectivity index (χ1n) is 5.53. The minimum atomic E-state index is 0.262. The van der Waals surface area contributed by atoms with Gasteiger partial charge >= 0.3 is 0 Å². The molecule has 1 unspecified atom stereocenters. The van der Waals surface area contributed by atoms with Gasteiger partial charge in [0.1, 0.15) is 0 Å². The maximum absolute atomic E-state index is 3.63. The lowest BCUT2D eigenvalue weighted by atomic mass is 10.1. The Hall–Kier alpha value is 0.800. The normalized spacial score (nSPS) is 12.9. The molecule has 1 nitrogen and oxygen atoms in total. The molecule has 0 saturated carbocycles. The Morgan fingerprint density at radius 1 is 1.22 bits per heavy atom. The van der Waals surface area contributed by atoms with E-state index in [0.29, 0.717) is 0 Å². The van der Waals surface area contributed by atoms with Crippen LogP contribution in [-0.2, 0) is 0 Å². The van der Waals surface area contributed by atoms with Crippen LogP contribution in [0.25, 0.3) is 0 Å². The number of rotatable bonds is 5. The van der Waals surface area contributed by atoms with Crippen molar-refractivity contribution in [1.82, 2.24) is 5.32 Å². The van der Waals surface area contributed by atoms with E-state index >= 15 is 0 Å². The van der Waals surface area contributed by atoms with Crippen molar-refractivity contribution in [2.45, 2.75) is 19.4 Å². The highest BCUT2D eigenvalue weighted by Crippen LogP contribution is 2.40. The van der Waals surface area contributed by atoms with E-state index in [-0.39, 0.29) is 6.04 Å². The molecule has 18 heavy (non-hydrogen) atoms. The van der Waals surface area contributed by atoms with Crippen LogP contribution in [0.4, 0.5) is 0 Å². The van der Waals surface area contributed by atoms with Gasteiger partial charge in [-0.15, -0.1) is 11.3 Å². The minimum Gasteiger partial charge on any atom is -0.306 e. The Labute approximate surface area is 140 Å². The molecule has 6 heteroatoms. The molecular formula is C12H12Br3NS2. The van der Waals surface area contributed by atoms with Gasteiger partial charge in [0.25, 0.3) is 0 Å². The van der Waals surface area contributed by atoms with Gasteiger partial charge in [-0.3, -0.25) is 0 Å². The van der Waals surface area contributed by atoms with Gasteiger partial charge < -0.3 is 5.32 Å². The Bertz CT molecular complexity index is 502. The second-order valence-electron chi connectivity index (χ2n) is 3.83. The highest BCUT2D eigenvalue weighted by Gasteiger charge is 2.20. The third-order valence-corrected chi connectivity index (χ3v) is 7.57. The third-order valence-electron chi connectivity index (χ3n) is 2.50. The summed E-state index contributed by atoms with van der Waals surface area (Å²) >= 11 is 14.3. The zero-order valence-corrected chi connectivity index (χ0v) is 16.1. The van der Waals surface area contributed by atoms with Crippen LogP contribution in [-0.4, -0.2) is 6.54 Å². The fourth-order valence-corrected chi connectivity index (χ4v) is 5.39. The van der Waals surface area contributed by atoms with Crippen LogP contribution in [0.1, 0.15) is 29.8 Å². The molecule has 0 amide bonds. The summed E-state index contributed by atoms with van der Waals surface area (Å²) in [7, 11) is 0. The monoisotopic (exact) mass is 471 g/mol. The Morgan fingerprint density at radius 2 is 2.00 bits per heavy atom. The molecule has 2 aromatic rings. The Balaban J connectivity index is 2.33. The molecule has 2 aromatic heterocycles. The van der Waals surface area contributed by atoms with E-state index in [0.717, 1.165) is 21.2 Å². The number of hydrogen-bond acceptors (Lipinski definition) is 3. The van der Waals surface area contributed by atoms with Crippen molar-refractivity contribution >= 4 is 70.5 Å². The largest absolute Gasteiger partial charge is 0.306 e. The number of thiophene rings is 2. The third kappa shape index (κ3) is 3.46. The molecule has 0 radical (unpaired) electrons. The summed E-state index contributed by atoms with van der Waals surface area (Å²) in [5.74, 6) is 0. The predicted molar refractivity (Wildman–Crippen MR) is 91.9 cm³/mol. The summed E-state index contributed by atoms with van der Waals surface area (Å²) in [5, 5.41) is 7.95. The summed E-state index contributed by atoms with van der Waals surface area (Å²) in [6.45, 7) is 3.20. The van der Waals surface area contributed by atoms with Gasteiger partial charge in [0.05, 0.1) is 9.83 Å². The second kappa shape index (κ2) is 6.99. The lowest BCUT2D eigenvalue weighted by Gasteiger charge is -2.16. The Kier molecular flexibility index (Phi) is 5.90. The summed E-state index contributed by atoms with van der Waals surface area (Å²) < 4.78 is 3.45. The topological polar surface area (TPSA) is 12.0 Å². The molecule has 0 aliphatic rings.